The molecule has 98 valence electrons. The molecule has 2 rings (SSSR count). The number of nitrogens with one attached hydrogen (secondary N) is 1. The first kappa shape index (κ1) is 13.0. The lowest BCUT2D eigenvalue weighted by molar-refractivity contribution is -0.383. The minimum atomic E-state index is -0.438. The highest BCUT2D eigenvalue weighted by Gasteiger charge is 2.14. The molecule has 0 aliphatic heterocycles. The summed E-state index contributed by atoms with van der Waals surface area (Å²) in [4.78, 5) is 22.4. The normalized spacial score (nSPS) is 10.7. The number of benzene rings is 2. The van der Waals surface area contributed by atoms with Crippen LogP contribution in [0.25, 0.3) is 10.8 Å². The number of non-ortho nitro benzene ring substituents is 1. The van der Waals surface area contributed by atoms with Gasteiger partial charge in [-0.25, -0.2) is 0 Å². The predicted octanol–water partition coefficient (Wildman–Crippen LogP) is 2.89. The van der Waals surface area contributed by atoms with Crippen LogP contribution >= 0.6 is 0 Å². The molecule has 0 heterocycles. The van der Waals surface area contributed by atoms with E-state index in [2.05, 4.69) is 5.32 Å². The number of nitrogens with zero attached hydrogens (tertiary/aromatic N) is 1. The van der Waals surface area contributed by atoms with Crippen molar-refractivity contribution in [2.24, 2.45) is 0 Å². The van der Waals surface area contributed by atoms with Gasteiger partial charge in [-0.05, 0) is 31.4 Å². The summed E-state index contributed by atoms with van der Waals surface area (Å²) in [5, 5.41) is 15.0. The highest BCUT2D eigenvalue weighted by Crippen LogP contribution is 2.26. The molecule has 0 fully saturated rings. The Labute approximate surface area is 110 Å². The molecule has 5 nitrogen and oxygen atoms in total. The van der Waals surface area contributed by atoms with Crippen molar-refractivity contribution in [1.29, 1.82) is 0 Å². The molecule has 0 saturated heterocycles. The zero-order chi connectivity index (χ0) is 14.0. The largest absolute Gasteiger partial charge is 0.350 e. The van der Waals surface area contributed by atoms with Gasteiger partial charge in [0.2, 0.25) is 0 Å². The molecule has 1 N–H and O–H groups in total. The van der Waals surface area contributed by atoms with Crippen LogP contribution in [0, 0.1) is 10.1 Å². The van der Waals surface area contributed by atoms with E-state index in [0.29, 0.717) is 10.9 Å². The van der Waals surface area contributed by atoms with Crippen LogP contribution in [-0.4, -0.2) is 16.9 Å². The third-order valence-corrected chi connectivity index (χ3v) is 2.74. The Morgan fingerprint density at radius 3 is 2.63 bits per heavy atom. The van der Waals surface area contributed by atoms with Crippen LogP contribution in [-0.2, 0) is 0 Å². The summed E-state index contributed by atoms with van der Waals surface area (Å²) in [6.45, 7) is 3.72. The van der Waals surface area contributed by atoms with Crippen LogP contribution in [0.1, 0.15) is 24.2 Å². The maximum atomic E-state index is 11.9. The fourth-order valence-corrected chi connectivity index (χ4v) is 1.90. The number of hydrogen-bond acceptors (Lipinski definition) is 3. The summed E-state index contributed by atoms with van der Waals surface area (Å²) in [6.07, 6.45) is 0. The van der Waals surface area contributed by atoms with Gasteiger partial charge in [-0.15, -0.1) is 0 Å². The highest BCUT2D eigenvalue weighted by molar-refractivity contribution is 6.01. The quantitative estimate of drug-likeness (QED) is 0.679. The smallest absolute Gasteiger partial charge is 0.277 e. The fourth-order valence-electron chi connectivity index (χ4n) is 1.90. The monoisotopic (exact) mass is 258 g/mol. The molecule has 0 atom stereocenters. The van der Waals surface area contributed by atoms with Gasteiger partial charge < -0.3 is 5.32 Å². The average molecular weight is 258 g/mol. The van der Waals surface area contributed by atoms with E-state index < -0.39 is 4.92 Å². The lowest BCUT2D eigenvalue weighted by atomic mass is 10.0. The molecule has 0 unspecified atom stereocenters. The zero-order valence-electron chi connectivity index (χ0n) is 10.7. The van der Waals surface area contributed by atoms with E-state index in [-0.39, 0.29) is 17.6 Å². The van der Waals surface area contributed by atoms with Gasteiger partial charge in [0.15, 0.2) is 0 Å². The molecule has 0 spiro atoms. The second-order valence-electron chi connectivity index (χ2n) is 4.60. The second kappa shape index (κ2) is 5.06. The highest BCUT2D eigenvalue weighted by atomic mass is 16.6. The number of amides is 1. The molecular formula is C14H14N2O3. The molecule has 0 aliphatic carbocycles. The number of nitro groups is 1. The maximum Gasteiger partial charge on any atom is 0.277 e. The Morgan fingerprint density at radius 2 is 2.00 bits per heavy atom. The van der Waals surface area contributed by atoms with E-state index in [4.69, 9.17) is 0 Å². The zero-order valence-corrected chi connectivity index (χ0v) is 10.7. The standard InChI is InChI=1S/C14H14N2O3/c1-9(2)15-14(17)11-7-6-10-4-3-5-13(16(18)19)12(10)8-11/h3-9H,1-2H3,(H,15,17). The van der Waals surface area contributed by atoms with E-state index in [9.17, 15) is 14.9 Å². The molecule has 5 heteroatoms. The van der Waals surface area contributed by atoms with Crippen LogP contribution in [0.4, 0.5) is 5.69 Å². The van der Waals surface area contributed by atoms with Crippen molar-refractivity contribution in [2.45, 2.75) is 19.9 Å². The van der Waals surface area contributed by atoms with Gasteiger partial charge in [-0.3, -0.25) is 14.9 Å². The van der Waals surface area contributed by atoms with Gasteiger partial charge >= 0.3 is 0 Å². The molecule has 2 aromatic carbocycles. The van der Waals surface area contributed by atoms with E-state index in [1.165, 1.54) is 6.07 Å². The van der Waals surface area contributed by atoms with Gasteiger partial charge in [0.05, 0.1) is 10.3 Å². The molecule has 0 radical (unpaired) electrons. The molecule has 19 heavy (non-hydrogen) atoms. The van der Waals surface area contributed by atoms with E-state index in [1.807, 2.05) is 13.8 Å². The predicted molar refractivity (Wildman–Crippen MR) is 73.2 cm³/mol. The van der Waals surface area contributed by atoms with Crippen molar-refractivity contribution in [1.82, 2.24) is 5.32 Å². The number of fused-ring (bicyclic) bond motifs is 1. The second-order valence-corrected chi connectivity index (χ2v) is 4.60. The van der Waals surface area contributed by atoms with Gasteiger partial charge in [0, 0.05) is 17.7 Å². The lowest BCUT2D eigenvalue weighted by Crippen LogP contribution is -2.29. The molecule has 0 aliphatic rings. The summed E-state index contributed by atoms with van der Waals surface area (Å²) in [7, 11) is 0. The molecule has 2 aromatic rings. The van der Waals surface area contributed by atoms with Crippen molar-refractivity contribution in [3.8, 4) is 0 Å². The number of hydrogen-bond donors (Lipinski definition) is 1. The van der Waals surface area contributed by atoms with Crippen LogP contribution in [0.3, 0.4) is 0 Å². The Bertz CT molecular complexity index is 650. The fraction of sp³-hybridized carbons (Fsp3) is 0.214. The maximum absolute atomic E-state index is 11.9. The van der Waals surface area contributed by atoms with Crippen LogP contribution < -0.4 is 5.32 Å². The van der Waals surface area contributed by atoms with Crippen molar-refractivity contribution >= 4 is 22.4 Å². The number of rotatable bonds is 3. The topological polar surface area (TPSA) is 72.2 Å². The molecular weight excluding hydrogens is 244 g/mol. The summed E-state index contributed by atoms with van der Waals surface area (Å²) in [6, 6.07) is 9.83. The van der Waals surface area contributed by atoms with Gasteiger partial charge in [-0.2, -0.15) is 0 Å². The summed E-state index contributed by atoms with van der Waals surface area (Å²) < 4.78 is 0. The first-order valence-corrected chi connectivity index (χ1v) is 5.97. The van der Waals surface area contributed by atoms with E-state index >= 15 is 0 Å². The van der Waals surface area contributed by atoms with Crippen molar-refractivity contribution in [2.75, 3.05) is 0 Å². The third kappa shape index (κ3) is 2.70. The molecule has 0 aromatic heterocycles. The first-order chi connectivity index (χ1) is 8.99. The van der Waals surface area contributed by atoms with Crippen molar-refractivity contribution in [3.05, 3.63) is 52.1 Å². The van der Waals surface area contributed by atoms with E-state index in [0.717, 1.165) is 5.39 Å². The minimum absolute atomic E-state index is 0.0108. The lowest BCUT2D eigenvalue weighted by Gasteiger charge is -2.09. The number of carbonyl (C=O) groups is 1. The number of nitro benzene ring substituents is 1. The van der Waals surface area contributed by atoms with E-state index in [1.54, 1.807) is 30.3 Å². The van der Waals surface area contributed by atoms with Crippen LogP contribution in [0.2, 0.25) is 0 Å². The first-order valence-electron chi connectivity index (χ1n) is 5.97. The van der Waals surface area contributed by atoms with Gasteiger partial charge in [0.25, 0.3) is 11.6 Å². The minimum Gasteiger partial charge on any atom is -0.350 e. The van der Waals surface area contributed by atoms with Gasteiger partial charge in [-0.1, -0.05) is 18.2 Å². The van der Waals surface area contributed by atoms with Crippen LogP contribution in [0.15, 0.2) is 36.4 Å². The summed E-state index contributed by atoms with van der Waals surface area (Å²) in [5.41, 5.74) is 0.437. The Hall–Kier alpha value is -2.43. The summed E-state index contributed by atoms with van der Waals surface area (Å²) >= 11 is 0. The number of carbonyl (C=O) groups excluding carboxylic acids is 1. The van der Waals surface area contributed by atoms with Gasteiger partial charge in [0.1, 0.15) is 0 Å². The molecule has 0 bridgehead atoms. The Kier molecular flexibility index (Phi) is 3.46. The van der Waals surface area contributed by atoms with Crippen molar-refractivity contribution < 1.29 is 9.72 Å². The molecule has 0 saturated carbocycles. The Morgan fingerprint density at radius 1 is 1.26 bits per heavy atom. The van der Waals surface area contributed by atoms with Crippen molar-refractivity contribution in [3.63, 3.8) is 0 Å². The SMILES string of the molecule is CC(C)NC(=O)c1ccc2cccc([N+](=O)[O-])c2c1. The average Bonchev–Trinajstić information content (AvgIpc) is 2.36. The summed E-state index contributed by atoms with van der Waals surface area (Å²) in [5.74, 6) is -0.227. The van der Waals surface area contributed by atoms with Crippen LogP contribution in [0.5, 0.6) is 0 Å². The third-order valence-electron chi connectivity index (χ3n) is 2.74. The molecule has 1 amide bonds. The Balaban J connectivity index is 2.52.